The highest BCUT2D eigenvalue weighted by Crippen LogP contribution is 2.19. The van der Waals surface area contributed by atoms with Crippen LogP contribution in [0.3, 0.4) is 0 Å². The van der Waals surface area contributed by atoms with Crippen molar-refractivity contribution in [3.8, 4) is 0 Å². The van der Waals surface area contributed by atoms with Crippen molar-refractivity contribution in [2.45, 2.75) is 46.0 Å². The first-order valence-electron chi connectivity index (χ1n) is 7.79. The van der Waals surface area contributed by atoms with E-state index in [1.165, 1.54) is 22.0 Å². The van der Waals surface area contributed by atoms with Crippen LogP contribution in [0.1, 0.15) is 30.9 Å². The van der Waals surface area contributed by atoms with E-state index in [9.17, 15) is 0 Å². The average Bonchev–Trinajstić information content (AvgIpc) is 2.45. The van der Waals surface area contributed by atoms with E-state index in [0.29, 0.717) is 5.92 Å². The second kappa shape index (κ2) is 6.48. The van der Waals surface area contributed by atoms with Gasteiger partial charge in [-0.3, -0.25) is 0 Å². The van der Waals surface area contributed by atoms with Crippen LogP contribution >= 0.6 is 0 Å². The third-order valence-electron chi connectivity index (χ3n) is 3.87. The molecular weight excluding hydrogens is 270 g/mol. The van der Waals surface area contributed by atoms with E-state index in [4.69, 9.17) is 0 Å². The van der Waals surface area contributed by atoms with Crippen molar-refractivity contribution in [1.82, 2.24) is 0 Å². The van der Waals surface area contributed by atoms with Crippen LogP contribution in [0.25, 0.3) is 0 Å². The Balaban J connectivity index is 2.01. The summed E-state index contributed by atoms with van der Waals surface area (Å²) in [5, 5.41) is 5.05. The molecule has 0 radical (unpaired) electrons. The van der Waals surface area contributed by atoms with Gasteiger partial charge in [0.1, 0.15) is 0 Å². The smallest absolute Gasteiger partial charge is 0.0775 e. The highest BCUT2D eigenvalue weighted by molar-refractivity contribution is 6.88. The maximum atomic E-state index is 3.53. The van der Waals surface area contributed by atoms with Gasteiger partial charge in [0.25, 0.3) is 0 Å². The van der Waals surface area contributed by atoms with Gasteiger partial charge in [-0.1, -0.05) is 75.1 Å². The Labute approximate surface area is 130 Å². The van der Waals surface area contributed by atoms with Gasteiger partial charge in [-0.15, -0.1) is 0 Å². The molecule has 1 N–H and O–H groups in total. The molecule has 0 spiro atoms. The summed E-state index contributed by atoms with van der Waals surface area (Å²) in [6.07, 6.45) is 0. The molecule has 0 aromatic heterocycles. The third kappa shape index (κ3) is 4.47. The molecule has 21 heavy (non-hydrogen) atoms. The van der Waals surface area contributed by atoms with E-state index < -0.39 is 8.07 Å². The zero-order valence-electron chi connectivity index (χ0n) is 13.9. The molecule has 0 bridgehead atoms. The average molecular weight is 298 g/mol. The fraction of sp³-hybridized carbons (Fsp3) is 0.368. The minimum atomic E-state index is -1.18. The van der Waals surface area contributed by atoms with Gasteiger partial charge in [0.15, 0.2) is 0 Å². The van der Waals surface area contributed by atoms with Crippen molar-refractivity contribution in [2.75, 3.05) is 5.32 Å². The SMILES string of the molecule is CC(C)c1cccc(NCc2ccc([Si](C)(C)C)cc2)c1. The minimum absolute atomic E-state index is 0.572. The van der Waals surface area contributed by atoms with Crippen molar-refractivity contribution in [3.63, 3.8) is 0 Å². The highest BCUT2D eigenvalue weighted by Gasteiger charge is 2.15. The fourth-order valence-corrected chi connectivity index (χ4v) is 3.50. The zero-order valence-corrected chi connectivity index (χ0v) is 14.9. The normalized spacial score (nSPS) is 11.7. The van der Waals surface area contributed by atoms with Gasteiger partial charge in [-0.2, -0.15) is 0 Å². The lowest BCUT2D eigenvalue weighted by molar-refractivity contribution is 0.866. The monoisotopic (exact) mass is 297 g/mol. The molecule has 0 atom stereocenters. The molecule has 0 fully saturated rings. The van der Waals surface area contributed by atoms with Crippen LogP contribution < -0.4 is 10.5 Å². The van der Waals surface area contributed by atoms with E-state index in [-0.39, 0.29) is 0 Å². The summed E-state index contributed by atoms with van der Waals surface area (Å²) in [5.41, 5.74) is 3.93. The van der Waals surface area contributed by atoms with E-state index >= 15 is 0 Å². The maximum absolute atomic E-state index is 3.53. The first-order valence-corrected chi connectivity index (χ1v) is 11.3. The molecule has 1 nitrogen and oxygen atoms in total. The van der Waals surface area contributed by atoms with Crippen LogP contribution in [0.5, 0.6) is 0 Å². The van der Waals surface area contributed by atoms with E-state index in [0.717, 1.165) is 6.54 Å². The highest BCUT2D eigenvalue weighted by atomic mass is 28.3. The molecule has 0 unspecified atom stereocenters. The minimum Gasteiger partial charge on any atom is -0.381 e. The van der Waals surface area contributed by atoms with Crippen LogP contribution in [0.4, 0.5) is 5.69 Å². The number of anilines is 1. The molecule has 0 aliphatic carbocycles. The largest absolute Gasteiger partial charge is 0.381 e. The third-order valence-corrected chi connectivity index (χ3v) is 5.94. The Morgan fingerprint density at radius 2 is 1.62 bits per heavy atom. The number of hydrogen-bond donors (Lipinski definition) is 1. The molecule has 0 aliphatic rings. The predicted octanol–water partition coefficient (Wildman–Crippen LogP) is 4.97. The van der Waals surface area contributed by atoms with Crippen molar-refractivity contribution in [3.05, 3.63) is 59.7 Å². The molecule has 2 rings (SSSR count). The van der Waals surface area contributed by atoms with Gasteiger partial charge < -0.3 is 5.32 Å². The van der Waals surface area contributed by atoms with Crippen molar-refractivity contribution >= 4 is 18.9 Å². The second-order valence-corrected chi connectivity index (χ2v) is 12.2. The summed E-state index contributed by atoms with van der Waals surface area (Å²) in [4.78, 5) is 0. The van der Waals surface area contributed by atoms with Crippen LogP contribution in [-0.2, 0) is 6.54 Å². The standard InChI is InChI=1S/C19H27NSi/c1-15(2)17-7-6-8-18(13-17)20-14-16-9-11-19(12-10-16)21(3,4)5/h6-13,15,20H,14H2,1-5H3. The van der Waals surface area contributed by atoms with Crippen LogP contribution in [-0.4, -0.2) is 8.07 Å². The Morgan fingerprint density at radius 3 is 2.19 bits per heavy atom. The lowest BCUT2D eigenvalue weighted by Gasteiger charge is -2.17. The van der Waals surface area contributed by atoms with Gasteiger partial charge >= 0.3 is 0 Å². The van der Waals surface area contributed by atoms with Crippen molar-refractivity contribution < 1.29 is 0 Å². The molecule has 0 saturated heterocycles. The zero-order chi connectivity index (χ0) is 15.5. The maximum Gasteiger partial charge on any atom is 0.0775 e. The van der Waals surface area contributed by atoms with Gasteiger partial charge in [-0.05, 0) is 29.2 Å². The second-order valence-electron chi connectivity index (χ2n) is 7.08. The lowest BCUT2D eigenvalue weighted by atomic mass is 10.0. The van der Waals surface area contributed by atoms with E-state index in [2.05, 4.69) is 87.3 Å². The summed E-state index contributed by atoms with van der Waals surface area (Å²) in [7, 11) is -1.18. The molecule has 2 heteroatoms. The first-order chi connectivity index (χ1) is 9.86. The summed E-state index contributed by atoms with van der Waals surface area (Å²) in [5.74, 6) is 0.572. The van der Waals surface area contributed by atoms with Crippen molar-refractivity contribution in [1.29, 1.82) is 0 Å². The molecule has 2 aromatic carbocycles. The van der Waals surface area contributed by atoms with Crippen LogP contribution in [0.2, 0.25) is 19.6 Å². The fourth-order valence-electron chi connectivity index (χ4n) is 2.33. The summed E-state index contributed by atoms with van der Waals surface area (Å²) >= 11 is 0. The number of nitrogens with one attached hydrogen (secondary N) is 1. The summed E-state index contributed by atoms with van der Waals surface area (Å²) in [6.45, 7) is 12.5. The predicted molar refractivity (Wildman–Crippen MR) is 97.3 cm³/mol. The van der Waals surface area contributed by atoms with Crippen LogP contribution in [0, 0.1) is 0 Å². The van der Waals surface area contributed by atoms with Gasteiger partial charge in [0.05, 0.1) is 8.07 Å². The molecule has 2 aromatic rings. The van der Waals surface area contributed by atoms with Crippen LogP contribution in [0.15, 0.2) is 48.5 Å². The van der Waals surface area contributed by atoms with E-state index in [1.54, 1.807) is 0 Å². The quantitative estimate of drug-likeness (QED) is 0.769. The van der Waals surface area contributed by atoms with Gasteiger partial charge in [-0.25, -0.2) is 0 Å². The van der Waals surface area contributed by atoms with Gasteiger partial charge in [0.2, 0.25) is 0 Å². The lowest BCUT2D eigenvalue weighted by Crippen LogP contribution is -2.37. The van der Waals surface area contributed by atoms with E-state index in [1.807, 2.05) is 0 Å². The molecule has 0 aliphatic heterocycles. The Kier molecular flexibility index (Phi) is 4.89. The molecular formula is C19H27NSi. The van der Waals surface area contributed by atoms with Crippen molar-refractivity contribution in [2.24, 2.45) is 0 Å². The molecule has 0 heterocycles. The Bertz CT molecular complexity index is 579. The summed E-state index contributed by atoms with van der Waals surface area (Å²) < 4.78 is 0. The number of benzene rings is 2. The molecule has 112 valence electrons. The first kappa shape index (κ1) is 15.8. The van der Waals surface area contributed by atoms with Gasteiger partial charge in [0, 0.05) is 12.2 Å². The topological polar surface area (TPSA) is 12.0 Å². The molecule has 0 saturated carbocycles. The summed E-state index contributed by atoms with van der Waals surface area (Å²) in [6, 6.07) is 17.8. The Morgan fingerprint density at radius 1 is 0.952 bits per heavy atom. The number of hydrogen-bond acceptors (Lipinski definition) is 1. The Hall–Kier alpha value is -1.54. The molecule has 0 amide bonds. The number of rotatable bonds is 5.